The van der Waals surface area contributed by atoms with Crippen LogP contribution in [0.5, 0.6) is 0 Å². The molecule has 1 aromatic carbocycles. The van der Waals surface area contributed by atoms with Crippen molar-refractivity contribution in [2.24, 2.45) is 0 Å². The molecule has 0 unspecified atom stereocenters. The number of aryl methyl sites for hydroxylation is 1. The summed E-state index contributed by atoms with van der Waals surface area (Å²) >= 11 is 0. The second-order valence-electron chi connectivity index (χ2n) is 6.63. The molecule has 5 nitrogen and oxygen atoms in total. The third-order valence-electron chi connectivity index (χ3n) is 4.73. The number of aromatic nitrogens is 3. The van der Waals surface area contributed by atoms with Crippen molar-refractivity contribution in [2.75, 3.05) is 31.2 Å². The first-order valence-corrected chi connectivity index (χ1v) is 8.95. The Labute approximate surface area is 160 Å². The summed E-state index contributed by atoms with van der Waals surface area (Å²) in [6.07, 6.45) is -0.887. The molecule has 1 saturated heterocycles. The maximum atomic E-state index is 13.0. The zero-order chi connectivity index (χ0) is 19.7. The van der Waals surface area contributed by atoms with E-state index in [0.717, 1.165) is 47.9 Å². The molecule has 1 aliphatic rings. The monoisotopic (exact) mass is 388 g/mol. The van der Waals surface area contributed by atoms with Crippen molar-refractivity contribution in [3.8, 4) is 16.8 Å². The Hall–Kier alpha value is -2.87. The molecule has 0 aliphatic carbocycles. The van der Waals surface area contributed by atoms with E-state index in [1.165, 1.54) is 10.7 Å². The van der Waals surface area contributed by atoms with E-state index in [2.05, 4.69) is 15.0 Å². The highest BCUT2D eigenvalue weighted by atomic mass is 19.4. The fourth-order valence-electron chi connectivity index (χ4n) is 3.23. The van der Waals surface area contributed by atoms with Gasteiger partial charge in [0.1, 0.15) is 5.82 Å². The zero-order valence-corrected chi connectivity index (χ0v) is 15.3. The normalized spacial score (nSPS) is 15.1. The summed E-state index contributed by atoms with van der Waals surface area (Å²) in [4.78, 5) is 6.69. The van der Waals surface area contributed by atoms with E-state index in [1.807, 2.05) is 19.1 Å². The maximum Gasteiger partial charge on any atom is 0.416 e. The number of benzene rings is 1. The van der Waals surface area contributed by atoms with Crippen molar-refractivity contribution in [1.29, 1.82) is 0 Å². The van der Waals surface area contributed by atoms with Crippen LogP contribution in [0.2, 0.25) is 0 Å². The molecular formula is C20H19F3N4O. The molecular weight excluding hydrogens is 369 g/mol. The topological polar surface area (TPSA) is 43.2 Å². The van der Waals surface area contributed by atoms with Crippen LogP contribution in [0, 0.1) is 6.92 Å². The summed E-state index contributed by atoms with van der Waals surface area (Å²) < 4.78 is 45.7. The molecule has 28 heavy (non-hydrogen) atoms. The van der Waals surface area contributed by atoms with E-state index in [1.54, 1.807) is 18.5 Å². The summed E-state index contributed by atoms with van der Waals surface area (Å²) in [7, 11) is 0. The van der Waals surface area contributed by atoms with Crippen LogP contribution in [0.15, 0.2) is 48.8 Å². The van der Waals surface area contributed by atoms with E-state index in [4.69, 9.17) is 4.74 Å². The predicted molar refractivity (Wildman–Crippen MR) is 99.6 cm³/mol. The van der Waals surface area contributed by atoms with Crippen LogP contribution in [0.25, 0.3) is 16.8 Å². The molecule has 2 aromatic heterocycles. The zero-order valence-electron chi connectivity index (χ0n) is 15.3. The van der Waals surface area contributed by atoms with Crippen LogP contribution in [0.3, 0.4) is 0 Å². The number of rotatable bonds is 3. The molecule has 4 rings (SSSR count). The van der Waals surface area contributed by atoms with Crippen LogP contribution < -0.4 is 4.90 Å². The van der Waals surface area contributed by atoms with Crippen molar-refractivity contribution in [2.45, 2.75) is 13.1 Å². The maximum absolute atomic E-state index is 13.0. The number of pyridine rings is 1. The molecule has 8 heteroatoms. The van der Waals surface area contributed by atoms with Gasteiger partial charge in [-0.1, -0.05) is 6.07 Å². The number of halogens is 3. The van der Waals surface area contributed by atoms with Crippen LogP contribution in [0.4, 0.5) is 19.0 Å². The summed E-state index contributed by atoms with van der Waals surface area (Å²) in [5.41, 5.74) is 2.09. The van der Waals surface area contributed by atoms with Gasteiger partial charge in [-0.05, 0) is 37.3 Å². The minimum atomic E-state index is -4.39. The fraction of sp³-hybridized carbons (Fsp3) is 0.300. The Bertz CT molecular complexity index is 960. The molecule has 1 fully saturated rings. The lowest BCUT2D eigenvalue weighted by atomic mass is 10.1. The molecule has 0 spiro atoms. The van der Waals surface area contributed by atoms with E-state index in [0.29, 0.717) is 18.9 Å². The Kier molecular flexibility index (Phi) is 4.80. The van der Waals surface area contributed by atoms with Gasteiger partial charge < -0.3 is 9.64 Å². The number of alkyl halides is 3. The molecule has 0 N–H and O–H groups in total. The molecule has 0 bridgehead atoms. The van der Waals surface area contributed by atoms with Crippen molar-refractivity contribution in [3.63, 3.8) is 0 Å². The van der Waals surface area contributed by atoms with Gasteiger partial charge in [-0.3, -0.25) is 0 Å². The third kappa shape index (κ3) is 3.73. The Morgan fingerprint density at radius 1 is 1.07 bits per heavy atom. The van der Waals surface area contributed by atoms with Gasteiger partial charge in [0.25, 0.3) is 0 Å². The highest BCUT2D eigenvalue weighted by Gasteiger charge is 2.30. The number of hydrogen-bond donors (Lipinski definition) is 0. The lowest BCUT2D eigenvalue weighted by Crippen LogP contribution is -2.36. The minimum absolute atomic E-state index is 0.363. The summed E-state index contributed by atoms with van der Waals surface area (Å²) in [6, 6.07) is 9.03. The Balaban J connectivity index is 1.61. The van der Waals surface area contributed by atoms with Crippen LogP contribution >= 0.6 is 0 Å². The van der Waals surface area contributed by atoms with E-state index >= 15 is 0 Å². The molecule has 0 amide bonds. The summed E-state index contributed by atoms with van der Waals surface area (Å²) in [5, 5.41) is 4.39. The van der Waals surface area contributed by atoms with Gasteiger partial charge in [0.15, 0.2) is 0 Å². The summed E-state index contributed by atoms with van der Waals surface area (Å²) in [5.74, 6) is 0.884. The second-order valence-corrected chi connectivity index (χ2v) is 6.63. The lowest BCUT2D eigenvalue weighted by molar-refractivity contribution is -0.137. The predicted octanol–water partition coefficient (Wildman–Crippen LogP) is 4.10. The van der Waals surface area contributed by atoms with E-state index in [-0.39, 0.29) is 0 Å². The first kappa shape index (κ1) is 18.5. The number of nitrogens with zero attached hydrogens (tertiary/aromatic N) is 4. The number of hydrogen-bond acceptors (Lipinski definition) is 4. The first-order valence-electron chi connectivity index (χ1n) is 8.95. The van der Waals surface area contributed by atoms with Gasteiger partial charge >= 0.3 is 6.18 Å². The fourth-order valence-corrected chi connectivity index (χ4v) is 3.23. The van der Waals surface area contributed by atoms with Crippen LogP contribution in [-0.2, 0) is 10.9 Å². The van der Waals surface area contributed by atoms with Gasteiger partial charge in [0, 0.05) is 36.6 Å². The standard InChI is InChI=1S/C20H19F3N4O/c1-14-18(15-5-6-19(24-12-15)26-7-9-28-10-8-26)13-27(25-14)17-4-2-3-16(11-17)20(21,22)23/h2-6,11-13H,7-10H2,1H3. The van der Waals surface area contributed by atoms with Crippen molar-refractivity contribution in [3.05, 3.63) is 60.0 Å². The largest absolute Gasteiger partial charge is 0.416 e. The van der Waals surface area contributed by atoms with Gasteiger partial charge in [0.05, 0.1) is 30.2 Å². The minimum Gasteiger partial charge on any atom is -0.378 e. The van der Waals surface area contributed by atoms with Crippen LogP contribution in [-0.4, -0.2) is 41.1 Å². The second kappa shape index (κ2) is 7.27. The van der Waals surface area contributed by atoms with Crippen molar-refractivity contribution in [1.82, 2.24) is 14.8 Å². The molecule has 3 aromatic rings. The van der Waals surface area contributed by atoms with Gasteiger partial charge in [-0.25, -0.2) is 9.67 Å². The highest BCUT2D eigenvalue weighted by molar-refractivity contribution is 5.66. The first-order chi connectivity index (χ1) is 13.4. The average Bonchev–Trinajstić information content (AvgIpc) is 3.10. The van der Waals surface area contributed by atoms with Gasteiger partial charge in [0.2, 0.25) is 0 Å². The SMILES string of the molecule is Cc1nn(-c2cccc(C(F)(F)F)c2)cc1-c1ccc(N2CCOCC2)nc1. The highest BCUT2D eigenvalue weighted by Crippen LogP contribution is 2.31. The van der Waals surface area contributed by atoms with E-state index in [9.17, 15) is 13.2 Å². The molecule has 1 aliphatic heterocycles. The number of anilines is 1. The lowest BCUT2D eigenvalue weighted by Gasteiger charge is -2.27. The molecule has 0 atom stereocenters. The Morgan fingerprint density at radius 2 is 1.86 bits per heavy atom. The van der Waals surface area contributed by atoms with Gasteiger partial charge in [-0.15, -0.1) is 0 Å². The van der Waals surface area contributed by atoms with E-state index < -0.39 is 11.7 Å². The molecule has 0 radical (unpaired) electrons. The average molecular weight is 388 g/mol. The van der Waals surface area contributed by atoms with Gasteiger partial charge in [-0.2, -0.15) is 18.3 Å². The Morgan fingerprint density at radius 3 is 2.54 bits per heavy atom. The van der Waals surface area contributed by atoms with Crippen molar-refractivity contribution < 1.29 is 17.9 Å². The number of morpholine rings is 1. The molecule has 3 heterocycles. The van der Waals surface area contributed by atoms with Crippen molar-refractivity contribution >= 4 is 5.82 Å². The summed E-state index contributed by atoms with van der Waals surface area (Å²) in [6.45, 7) is 4.81. The number of ether oxygens (including phenoxy) is 1. The third-order valence-corrected chi connectivity index (χ3v) is 4.73. The quantitative estimate of drug-likeness (QED) is 0.678. The molecule has 0 saturated carbocycles. The van der Waals surface area contributed by atoms with Crippen LogP contribution in [0.1, 0.15) is 11.3 Å². The smallest absolute Gasteiger partial charge is 0.378 e. The molecule has 146 valence electrons.